The van der Waals surface area contributed by atoms with Gasteiger partial charge >= 0.3 is 6.03 Å². The Hall–Kier alpha value is -3.61. The maximum atomic E-state index is 13.5. The molecule has 164 valence electrons. The van der Waals surface area contributed by atoms with Crippen LogP contribution in [0.2, 0.25) is 0 Å². The summed E-state index contributed by atoms with van der Waals surface area (Å²) in [6.07, 6.45) is 0.451. The van der Waals surface area contributed by atoms with E-state index in [1.165, 1.54) is 4.90 Å². The van der Waals surface area contributed by atoms with E-state index in [4.69, 9.17) is 0 Å². The first-order valence-electron chi connectivity index (χ1n) is 11.0. The van der Waals surface area contributed by atoms with Crippen LogP contribution in [0.4, 0.5) is 10.5 Å². The Morgan fingerprint density at radius 3 is 2.62 bits per heavy atom. The number of hydrogen-bond donors (Lipinski definition) is 2. The lowest BCUT2D eigenvalue weighted by Gasteiger charge is -2.33. The summed E-state index contributed by atoms with van der Waals surface area (Å²) in [5, 5.41) is 3.97. The molecular weight excluding hydrogens is 404 g/mol. The summed E-state index contributed by atoms with van der Waals surface area (Å²) in [5.41, 5.74) is 3.72. The largest absolute Gasteiger partial charge is 0.356 e. The van der Waals surface area contributed by atoms with Crippen molar-refractivity contribution in [3.8, 4) is 0 Å². The van der Waals surface area contributed by atoms with Crippen LogP contribution in [-0.2, 0) is 11.2 Å². The van der Waals surface area contributed by atoms with E-state index < -0.39 is 6.04 Å². The maximum absolute atomic E-state index is 13.5. The van der Waals surface area contributed by atoms with Gasteiger partial charge in [0.1, 0.15) is 6.04 Å². The van der Waals surface area contributed by atoms with Crippen molar-refractivity contribution >= 4 is 34.4 Å². The molecule has 1 fully saturated rings. The molecular formula is C25H26N4O3. The minimum Gasteiger partial charge on any atom is -0.356 e. The summed E-state index contributed by atoms with van der Waals surface area (Å²) >= 11 is 0. The van der Waals surface area contributed by atoms with E-state index in [9.17, 15) is 14.4 Å². The highest BCUT2D eigenvalue weighted by Crippen LogP contribution is 2.42. The normalized spacial score (nSPS) is 20.1. The Bertz CT molecular complexity index is 1240. The molecule has 2 aromatic carbocycles. The average molecular weight is 431 g/mol. The number of anilines is 1. The van der Waals surface area contributed by atoms with Crippen molar-refractivity contribution < 1.29 is 14.4 Å². The number of urea groups is 1. The summed E-state index contributed by atoms with van der Waals surface area (Å²) < 4.78 is 0. The first kappa shape index (κ1) is 20.3. The van der Waals surface area contributed by atoms with Crippen LogP contribution in [-0.4, -0.2) is 40.3 Å². The standard InChI is InChI=1S/C25H26N4O3/c1-14(2)13-26-23(30)17-9-5-7-11-20(17)29-24(31)21-12-18-16-8-4-6-10-19(16)27-22(18)15(3)28(21)25(29)32/h4-11,14-15,21,27H,12-13H2,1-3H3,(H,26,30)/t15?,21-/m0/s1. The molecule has 2 atom stereocenters. The first-order chi connectivity index (χ1) is 15.4. The molecule has 5 rings (SSSR count). The third kappa shape index (κ3) is 2.99. The number of para-hydroxylation sites is 2. The fourth-order valence-corrected chi connectivity index (χ4v) is 4.84. The van der Waals surface area contributed by atoms with Crippen LogP contribution in [0, 0.1) is 5.92 Å². The Morgan fingerprint density at radius 2 is 1.84 bits per heavy atom. The quantitative estimate of drug-likeness (QED) is 0.614. The predicted octanol–water partition coefficient (Wildman–Crippen LogP) is 4.01. The van der Waals surface area contributed by atoms with E-state index in [1.54, 1.807) is 29.2 Å². The minimum absolute atomic E-state index is 0.278. The smallest absolute Gasteiger partial charge is 0.332 e. The van der Waals surface area contributed by atoms with Crippen LogP contribution >= 0.6 is 0 Å². The van der Waals surface area contributed by atoms with E-state index in [1.807, 2.05) is 45.0 Å². The van der Waals surface area contributed by atoms with Crippen molar-refractivity contribution in [1.29, 1.82) is 0 Å². The lowest BCUT2D eigenvalue weighted by molar-refractivity contribution is -0.120. The third-order valence-corrected chi connectivity index (χ3v) is 6.39. The summed E-state index contributed by atoms with van der Waals surface area (Å²) in [4.78, 5) is 46.1. The molecule has 0 bridgehead atoms. The molecule has 3 heterocycles. The number of aromatic nitrogens is 1. The zero-order chi connectivity index (χ0) is 22.6. The van der Waals surface area contributed by atoms with Crippen LogP contribution in [0.3, 0.4) is 0 Å². The van der Waals surface area contributed by atoms with E-state index >= 15 is 0 Å². The molecule has 7 heteroatoms. The van der Waals surface area contributed by atoms with Crippen molar-refractivity contribution in [2.24, 2.45) is 5.92 Å². The summed E-state index contributed by atoms with van der Waals surface area (Å²) in [7, 11) is 0. The van der Waals surface area contributed by atoms with Gasteiger partial charge in [-0.25, -0.2) is 9.69 Å². The van der Waals surface area contributed by atoms with Gasteiger partial charge in [-0.3, -0.25) is 9.59 Å². The lowest BCUT2D eigenvalue weighted by Crippen LogP contribution is -2.42. The SMILES string of the molecule is CC(C)CNC(=O)c1ccccc1N1C(=O)[C@@H]2Cc3c([nH]c4ccccc34)C(C)N2C1=O. The topological polar surface area (TPSA) is 85.5 Å². The van der Waals surface area contributed by atoms with E-state index in [-0.39, 0.29) is 23.9 Å². The number of nitrogens with one attached hydrogen (secondary N) is 2. The Morgan fingerprint density at radius 1 is 1.12 bits per heavy atom. The number of aromatic amines is 1. The van der Waals surface area contributed by atoms with Gasteiger partial charge in [0.05, 0.1) is 17.3 Å². The van der Waals surface area contributed by atoms with Crippen LogP contribution < -0.4 is 10.2 Å². The maximum Gasteiger partial charge on any atom is 0.332 e. The molecule has 2 aliphatic heterocycles. The third-order valence-electron chi connectivity index (χ3n) is 6.39. The molecule has 1 unspecified atom stereocenters. The average Bonchev–Trinajstić information content (AvgIpc) is 3.28. The van der Waals surface area contributed by atoms with Crippen molar-refractivity contribution in [2.45, 2.75) is 39.3 Å². The second kappa shape index (κ2) is 7.51. The summed E-state index contributed by atoms with van der Waals surface area (Å²) in [6.45, 7) is 6.48. The number of carbonyl (C=O) groups excluding carboxylic acids is 3. The van der Waals surface area contributed by atoms with Crippen LogP contribution in [0.1, 0.15) is 48.4 Å². The van der Waals surface area contributed by atoms with Crippen molar-refractivity contribution in [3.05, 3.63) is 65.4 Å². The molecule has 0 saturated carbocycles. The van der Waals surface area contributed by atoms with Crippen LogP contribution in [0.25, 0.3) is 10.9 Å². The molecule has 4 amide bonds. The van der Waals surface area contributed by atoms with E-state index in [2.05, 4.69) is 10.3 Å². The van der Waals surface area contributed by atoms with E-state index in [0.717, 1.165) is 22.2 Å². The first-order valence-corrected chi connectivity index (χ1v) is 11.0. The van der Waals surface area contributed by atoms with Gasteiger partial charge in [0.25, 0.3) is 11.8 Å². The van der Waals surface area contributed by atoms with Gasteiger partial charge < -0.3 is 15.2 Å². The number of amides is 4. The molecule has 7 nitrogen and oxygen atoms in total. The highest BCUT2D eigenvalue weighted by Gasteiger charge is 2.52. The number of rotatable bonds is 4. The molecule has 3 aromatic rings. The number of fused-ring (bicyclic) bond motifs is 4. The highest BCUT2D eigenvalue weighted by atomic mass is 16.2. The number of imide groups is 1. The van der Waals surface area contributed by atoms with Crippen LogP contribution in [0.15, 0.2) is 48.5 Å². The molecule has 0 spiro atoms. The van der Waals surface area contributed by atoms with Gasteiger partial charge in [0.15, 0.2) is 0 Å². The van der Waals surface area contributed by atoms with Gasteiger partial charge in [-0.05, 0) is 36.6 Å². The van der Waals surface area contributed by atoms with Crippen molar-refractivity contribution in [2.75, 3.05) is 11.4 Å². The molecule has 0 radical (unpaired) electrons. The van der Waals surface area contributed by atoms with Crippen molar-refractivity contribution in [1.82, 2.24) is 15.2 Å². The minimum atomic E-state index is -0.587. The van der Waals surface area contributed by atoms with Gasteiger partial charge in [0, 0.05) is 29.6 Å². The predicted molar refractivity (Wildman–Crippen MR) is 123 cm³/mol. The van der Waals surface area contributed by atoms with Crippen molar-refractivity contribution in [3.63, 3.8) is 0 Å². The molecule has 1 aromatic heterocycles. The summed E-state index contributed by atoms with van der Waals surface area (Å²) in [6, 6.07) is 13.5. The number of hydrogen-bond acceptors (Lipinski definition) is 3. The zero-order valence-corrected chi connectivity index (χ0v) is 18.4. The van der Waals surface area contributed by atoms with Gasteiger partial charge in [-0.2, -0.15) is 0 Å². The molecule has 1 saturated heterocycles. The Balaban J connectivity index is 1.52. The number of carbonyl (C=O) groups is 3. The fraction of sp³-hybridized carbons (Fsp3) is 0.320. The second-order valence-corrected chi connectivity index (χ2v) is 8.94. The number of H-pyrrole nitrogens is 1. The Labute approximate surface area is 186 Å². The lowest BCUT2D eigenvalue weighted by atomic mass is 9.93. The van der Waals surface area contributed by atoms with Gasteiger partial charge in [0.2, 0.25) is 0 Å². The van der Waals surface area contributed by atoms with Gasteiger partial charge in [-0.15, -0.1) is 0 Å². The number of nitrogens with zero attached hydrogens (tertiary/aromatic N) is 2. The molecule has 32 heavy (non-hydrogen) atoms. The zero-order valence-electron chi connectivity index (χ0n) is 18.4. The Kier molecular flexibility index (Phi) is 4.77. The molecule has 0 aliphatic carbocycles. The van der Waals surface area contributed by atoms with E-state index in [0.29, 0.717) is 30.1 Å². The van der Waals surface area contributed by atoms with Crippen LogP contribution in [0.5, 0.6) is 0 Å². The highest BCUT2D eigenvalue weighted by molar-refractivity contribution is 6.24. The second-order valence-electron chi connectivity index (χ2n) is 8.94. The molecule has 2 N–H and O–H groups in total. The number of benzene rings is 2. The fourth-order valence-electron chi connectivity index (χ4n) is 4.84. The summed E-state index contributed by atoms with van der Waals surface area (Å²) in [5.74, 6) is -0.286. The van der Waals surface area contributed by atoms with Gasteiger partial charge in [-0.1, -0.05) is 44.2 Å². The monoisotopic (exact) mass is 430 g/mol. The molecule has 2 aliphatic rings.